The quantitative estimate of drug-likeness (QED) is 0.836. The molecule has 1 rings (SSSR count). The van der Waals surface area contributed by atoms with Gasteiger partial charge >= 0.3 is 5.97 Å². The number of aromatic hydroxyl groups is 1. The van der Waals surface area contributed by atoms with E-state index in [9.17, 15) is 9.90 Å². The van der Waals surface area contributed by atoms with Gasteiger partial charge in [-0.05, 0) is 33.6 Å². The molecule has 1 aromatic carbocycles. The molecular weight excluding hydrogens is 297 g/mol. The number of esters is 1. The van der Waals surface area contributed by atoms with Gasteiger partial charge in [0.1, 0.15) is 11.8 Å². The van der Waals surface area contributed by atoms with E-state index in [-0.39, 0.29) is 12.2 Å². The lowest BCUT2D eigenvalue weighted by atomic mass is 10.1. The Balaban J connectivity index is 2.93. The molecule has 0 amide bonds. The molecule has 6 heteroatoms. The third kappa shape index (κ3) is 3.10. The van der Waals surface area contributed by atoms with Crippen LogP contribution < -0.4 is 5.73 Å². The SMILES string of the molecule is COC(=O)C(N)Cc1cc(Cl)cc(Br)c1O. The van der Waals surface area contributed by atoms with Crippen LogP contribution in [0.25, 0.3) is 0 Å². The second kappa shape index (κ2) is 5.52. The van der Waals surface area contributed by atoms with Crippen molar-refractivity contribution >= 4 is 33.5 Å². The van der Waals surface area contributed by atoms with E-state index in [0.717, 1.165) is 0 Å². The highest BCUT2D eigenvalue weighted by Gasteiger charge is 2.17. The zero-order valence-corrected chi connectivity index (χ0v) is 10.9. The van der Waals surface area contributed by atoms with Crippen molar-refractivity contribution in [2.45, 2.75) is 12.5 Å². The summed E-state index contributed by atoms with van der Waals surface area (Å²) < 4.78 is 4.96. The molecule has 0 aliphatic heterocycles. The van der Waals surface area contributed by atoms with Crippen LogP contribution >= 0.6 is 27.5 Å². The summed E-state index contributed by atoms with van der Waals surface area (Å²) in [5, 5.41) is 10.2. The smallest absolute Gasteiger partial charge is 0.322 e. The van der Waals surface area contributed by atoms with Crippen molar-refractivity contribution in [3.8, 4) is 5.75 Å². The number of nitrogens with two attached hydrogens (primary N) is 1. The summed E-state index contributed by atoms with van der Waals surface area (Å²) >= 11 is 8.97. The van der Waals surface area contributed by atoms with Gasteiger partial charge in [-0.25, -0.2) is 0 Å². The highest BCUT2D eigenvalue weighted by atomic mass is 79.9. The van der Waals surface area contributed by atoms with E-state index in [1.165, 1.54) is 7.11 Å². The normalized spacial score (nSPS) is 12.2. The minimum atomic E-state index is -0.818. The van der Waals surface area contributed by atoms with Crippen LogP contribution in [-0.4, -0.2) is 24.2 Å². The van der Waals surface area contributed by atoms with Gasteiger partial charge in [-0.2, -0.15) is 0 Å². The Morgan fingerprint density at radius 3 is 2.88 bits per heavy atom. The van der Waals surface area contributed by atoms with Gasteiger partial charge < -0.3 is 15.6 Å². The lowest BCUT2D eigenvalue weighted by Gasteiger charge is -2.11. The number of hydrogen-bond donors (Lipinski definition) is 2. The Labute approximate surface area is 106 Å². The van der Waals surface area contributed by atoms with E-state index >= 15 is 0 Å². The Morgan fingerprint density at radius 1 is 1.69 bits per heavy atom. The molecule has 88 valence electrons. The van der Waals surface area contributed by atoms with E-state index in [0.29, 0.717) is 15.1 Å². The van der Waals surface area contributed by atoms with Gasteiger partial charge in [-0.3, -0.25) is 4.79 Å². The summed E-state index contributed by atoms with van der Waals surface area (Å²) in [6.07, 6.45) is 0.164. The molecule has 0 heterocycles. The zero-order valence-electron chi connectivity index (χ0n) is 8.54. The van der Waals surface area contributed by atoms with E-state index in [2.05, 4.69) is 20.7 Å². The molecule has 0 radical (unpaired) electrons. The van der Waals surface area contributed by atoms with Crippen molar-refractivity contribution in [2.75, 3.05) is 7.11 Å². The Morgan fingerprint density at radius 2 is 2.31 bits per heavy atom. The van der Waals surface area contributed by atoms with Gasteiger partial charge in [-0.1, -0.05) is 11.6 Å². The van der Waals surface area contributed by atoms with Crippen LogP contribution in [0.3, 0.4) is 0 Å². The second-order valence-electron chi connectivity index (χ2n) is 3.23. The van der Waals surface area contributed by atoms with E-state index in [1.807, 2.05) is 0 Å². The van der Waals surface area contributed by atoms with Crippen molar-refractivity contribution in [1.29, 1.82) is 0 Å². The van der Waals surface area contributed by atoms with Gasteiger partial charge in [0, 0.05) is 11.4 Å². The number of carbonyl (C=O) groups excluding carboxylic acids is 1. The van der Waals surface area contributed by atoms with Gasteiger partial charge in [0.15, 0.2) is 0 Å². The standard InChI is InChI=1S/C10H11BrClNO3/c1-16-10(15)8(13)3-5-2-6(12)4-7(11)9(5)14/h2,4,8,14H,3,13H2,1H3. The third-order valence-corrected chi connectivity index (χ3v) is 2.87. The highest BCUT2D eigenvalue weighted by molar-refractivity contribution is 9.10. The van der Waals surface area contributed by atoms with Crippen LogP contribution in [0.5, 0.6) is 5.75 Å². The summed E-state index contributed by atoms with van der Waals surface area (Å²) in [6, 6.07) is 2.30. The van der Waals surface area contributed by atoms with Crippen LogP contribution in [0.4, 0.5) is 0 Å². The maximum atomic E-state index is 11.1. The van der Waals surface area contributed by atoms with Crippen LogP contribution in [0.1, 0.15) is 5.56 Å². The maximum Gasteiger partial charge on any atom is 0.322 e. The number of methoxy groups -OCH3 is 1. The number of hydrogen-bond acceptors (Lipinski definition) is 4. The molecule has 0 bridgehead atoms. The van der Waals surface area contributed by atoms with Crippen LogP contribution in [0.15, 0.2) is 16.6 Å². The first-order chi connectivity index (χ1) is 7.45. The molecule has 0 aromatic heterocycles. The molecule has 0 aliphatic carbocycles. The van der Waals surface area contributed by atoms with E-state index in [4.69, 9.17) is 17.3 Å². The Kier molecular flexibility index (Phi) is 4.58. The number of phenols is 1. The number of halogens is 2. The molecule has 1 atom stereocenters. The minimum Gasteiger partial charge on any atom is -0.506 e. The molecule has 16 heavy (non-hydrogen) atoms. The average Bonchev–Trinajstić information content (AvgIpc) is 2.23. The molecule has 3 N–H and O–H groups in total. The first-order valence-electron chi connectivity index (χ1n) is 4.46. The molecule has 0 saturated carbocycles. The fourth-order valence-corrected chi connectivity index (χ4v) is 2.12. The third-order valence-electron chi connectivity index (χ3n) is 2.05. The molecule has 0 fully saturated rings. The lowest BCUT2D eigenvalue weighted by molar-refractivity contribution is -0.142. The summed E-state index contributed by atoms with van der Waals surface area (Å²) in [6.45, 7) is 0. The van der Waals surface area contributed by atoms with E-state index < -0.39 is 12.0 Å². The summed E-state index contributed by atoms with van der Waals surface area (Å²) in [5.74, 6) is -0.501. The van der Waals surface area contributed by atoms with Gasteiger partial charge in [0.25, 0.3) is 0 Å². The number of ether oxygens (including phenoxy) is 1. The largest absolute Gasteiger partial charge is 0.506 e. The summed E-state index contributed by atoms with van der Waals surface area (Å²) in [7, 11) is 1.26. The first kappa shape index (κ1) is 13.3. The van der Waals surface area contributed by atoms with Gasteiger partial charge in [-0.15, -0.1) is 0 Å². The number of rotatable bonds is 3. The molecule has 1 unspecified atom stereocenters. The molecule has 4 nitrogen and oxygen atoms in total. The van der Waals surface area contributed by atoms with E-state index in [1.54, 1.807) is 12.1 Å². The van der Waals surface area contributed by atoms with Gasteiger partial charge in [0.2, 0.25) is 0 Å². The monoisotopic (exact) mass is 307 g/mol. The highest BCUT2D eigenvalue weighted by Crippen LogP contribution is 2.32. The lowest BCUT2D eigenvalue weighted by Crippen LogP contribution is -2.33. The Hall–Kier alpha value is -0.780. The Bertz CT molecular complexity index is 411. The topological polar surface area (TPSA) is 72.5 Å². The van der Waals surface area contributed by atoms with Crippen LogP contribution in [0, 0.1) is 0 Å². The summed E-state index contributed by atoms with van der Waals surface area (Å²) in [5.41, 5.74) is 6.08. The van der Waals surface area contributed by atoms with Crippen molar-refractivity contribution in [2.24, 2.45) is 5.73 Å². The molecule has 0 saturated heterocycles. The van der Waals surface area contributed by atoms with Crippen molar-refractivity contribution < 1.29 is 14.6 Å². The number of phenolic OH excluding ortho intramolecular Hbond substituents is 1. The van der Waals surface area contributed by atoms with Crippen molar-refractivity contribution in [3.05, 3.63) is 27.2 Å². The number of benzene rings is 1. The average molecular weight is 309 g/mol. The molecular formula is C10H11BrClNO3. The minimum absolute atomic E-state index is 0.0313. The predicted molar refractivity (Wildman–Crippen MR) is 64.5 cm³/mol. The maximum absolute atomic E-state index is 11.1. The van der Waals surface area contributed by atoms with Crippen LogP contribution in [0.2, 0.25) is 5.02 Å². The fraction of sp³-hybridized carbons (Fsp3) is 0.300. The molecule has 0 aliphatic rings. The van der Waals surface area contributed by atoms with Crippen molar-refractivity contribution in [3.63, 3.8) is 0 Å². The predicted octanol–water partition coefficient (Wildman–Crippen LogP) is 1.85. The first-order valence-corrected chi connectivity index (χ1v) is 5.63. The zero-order chi connectivity index (χ0) is 12.3. The van der Waals surface area contributed by atoms with Crippen molar-refractivity contribution in [1.82, 2.24) is 0 Å². The van der Waals surface area contributed by atoms with Gasteiger partial charge in [0.05, 0.1) is 11.6 Å². The molecule has 1 aromatic rings. The number of carbonyl (C=O) groups is 1. The second-order valence-corrected chi connectivity index (χ2v) is 4.52. The summed E-state index contributed by atoms with van der Waals surface area (Å²) in [4.78, 5) is 11.1. The molecule has 0 spiro atoms. The van der Waals surface area contributed by atoms with Crippen LogP contribution in [-0.2, 0) is 16.0 Å². The fourth-order valence-electron chi connectivity index (χ4n) is 1.25.